The normalized spacial score (nSPS) is 12.1. The maximum absolute atomic E-state index is 4.19. The minimum atomic E-state index is 0.587. The van der Waals surface area contributed by atoms with E-state index in [-0.39, 0.29) is 0 Å². The smallest absolute Gasteiger partial charge is 0.0347 e. The van der Waals surface area contributed by atoms with Crippen molar-refractivity contribution in [2.24, 2.45) is 10.9 Å². The van der Waals surface area contributed by atoms with Gasteiger partial charge >= 0.3 is 0 Å². The Morgan fingerprint density at radius 1 is 1.09 bits per heavy atom. The van der Waals surface area contributed by atoms with Crippen molar-refractivity contribution in [2.75, 3.05) is 7.05 Å². The van der Waals surface area contributed by atoms with Gasteiger partial charge in [-0.2, -0.15) is 0 Å². The Kier molecular flexibility index (Phi) is 4.09. The second-order valence-corrected chi connectivity index (χ2v) is 3.38. The fraction of sp³-hybridized carbons (Fsp3) is 0.700. The fourth-order valence-electron chi connectivity index (χ4n) is 1.48. The van der Waals surface area contributed by atoms with Gasteiger partial charge in [0.15, 0.2) is 0 Å². The molecular formula is C10H19N. The zero-order valence-electron chi connectivity index (χ0n) is 8.52. The van der Waals surface area contributed by atoms with E-state index in [1.54, 1.807) is 0 Å². The molecule has 1 heteroatoms. The highest BCUT2D eigenvalue weighted by Gasteiger charge is 2.07. The maximum Gasteiger partial charge on any atom is 0.0347 e. The molecule has 0 aromatic heterocycles. The molecule has 0 aromatic carbocycles. The van der Waals surface area contributed by atoms with Gasteiger partial charge in [0.1, 0.15) is 0 Å². The summed E-state index contributed by atoms with van der Waals surface area (Å²) in [6.07, 6.45) is 0. The summed E-state index contributed by atoms with van der Waals surface area (Å²) in [6, 6.07) is 0. The Bertz CT molecular complexity index is 181. The van der Waals surface area contributed by atoms with Gasteiger partial charge < -0.3 is 0 Å². The number of hydrogen-bond donors (Lipinski definition) is 0. The van der Waals surface area contributed by atoms with Crippen LogP contribution in [0.4, 0.5) is 0 Å². The van der Waals surface area contributed by atoms with Crippen LogP contribution in [0.1, 0.15) is 34.6 Å². The Labute approximate surface area is 70.2 Å². The number of nitrogens with zero attached hydrogens (tertiary/aromatic N) is 1. The highest BCUT2D eigenvalue weighted by atomic mass is 14.7. The van der Waals surface area contributed by atoms with Crippen LogP contribution in [0.2, 0.25) is 0 Å². The lowest BCUT2D eigenvalue weighted by Crippen LogP contribution is -2.06. The Morgan fingerprint density at radius 2 is 1.55 bits per heavy atom. The molecule has 0 atom stereocenters. The zero-order chi connectivity index (χ0) is 9.02. The third-order valence-electron chi connectivity index (χ3n) is 1.84. The van der Waals surface area contributed by atoms with Gasteiger partial charge in [0, 0.05) is 12.8 Å². The number of allylic oxidation sites excluding steroid dienone is 2. The molecule has 0 amide bonds. The van der Waals surface area contributed by atoms with E-state index >= 15 is 0 Å². The minimum absolute atomic E-state index is 0.587. The van der Waals surface area contributed by atoms with Crippen LogP contribution in [0.3, 0.4) is 0 Å². The summed E-state index contributed by atoms with van der Waals surface area (Å²) in [5, 5.41) is 0. The molecule has 0 aromatic rings. The van der Waals surface area contributed by atoms with Crippen molar-refractivity contribution in [3.63, 3.8) is 0 Å². The summed E-state index contributed by atoms with van der Waals surface area (Å²) in [5.74, 6) is 0.587. The molecular weight excluding hydrogens is 134 g/mol. The first kappa shape index (κ1) is 10.4. The molecule has 1 nitrogen and oxygen atoms in total. The molecule has 0 saturated heterocycles. The molecule has 0 N–H and O–H groups in total. The van der Waals surface area contributed by atoms with Gasteiger partial charge in [0.25, 0.3) is 0 Å². The van der Waals surface area contributed by atoms with Crippen molar-refractivity contribution in [1.82, 2.24) is 0 Å². The van der Waals surface area contributed by atoms with Crippen LogP contribution < -0.4 is 0 Å². The summed E-state index contributed by atoms with van der Waals surface area (Å²) < 4.78 is 0. The average molecular weight is 153 g/mol. The maximum atomic E-state index is 4.19. The van der Waals surface area contributed by atoms with Crippen LogP contribution in [-0.4, -0.2) is 12.8 Å². The zero-order valence-corrected chi connectivity index (χ0v) is 8.52. The van der Waals surface area contributed by atoms with Gasteiger partial charge in [-0.05, 0) is 32.3 Å². The molecule has 0 bridgehead atoms. The second-order valence-electron chi connectivity index (χ2n) is 3.38. The largest absolute Gasteiger partial charge is 0.293 e. The molecule has 0 aliphatic rings. The van der Waals surface area contributed by atoms with Gasteiger partial charge in [-0.1, -0.05) is 19.4 Å². The van der Waals surface area contributed by atoms with E-state index in [0.29, 0.717) is 5.92 Å². The van der Waals surface area contributed by atoms with Crippen LogP contribution in [0.15, 0.2) is 16.1 Å². The van der Waals surface area contributed by atoms with Gasteiger partial charge in [-0.15, -0.1) is 0 Å². The lowest BCUT2D eigenvalue weighted by atomic mass is 9.95. The minimum Gasteiger partial charge on any atom is -0.293 e. The van der Waals surface area contributed by atoms with Crippen molar-refractivity contribution in [3.8, 4) is 0 Å². The average Bonchev–Trinajstić information content (AvgIpc) is 1.85. The summed E-state index contributed by atoms with van der Waals surface area (Å²) >= 11 is 0. The third-order valence-corrected chi connectivity index (χ3v) is 1.84. The standard InChI is InChI=1S/C10H19N/c1-7(2)10(8(3)4)9(5)11-6/h7H,1-6H3/b11-9-. The quantitative estimate of drug-likeness (QED) is 0.541. The molecule has 0 rings (SSSR count). The molecule has 11 heavy (non-hydrogen) atoms. The Balaban J connectivity index is 4.79. The first-order valence-corrected chi connectivity index (χ1v) is 4.11. The molecule has 0 fully saturated rings. The lowest BCUT2D eigenvalue weighted by Gasteiger charge is -2.12. The van der Waals surface area contributed by atoms with E-state index in [1.807, 2.05) is 7.05 Å². The first-order chi connectivity index (χ1) is 5.00. The van der Waals surface area contributed by atoms with Crippen molar-refractivity contribution < 1.29 is 0 Å². The van der Waals surface area contributed by atoms with Crippen LogP contribution in [0.5, 0.6) is 0 Å². The van der Waals surface area contributed by atoms with E-state index in [2.05, 4.69) is 39.6 Å². The molecule has 0 heterocycles. The Morgan fingerprint density at radius 3 is 1.64 bits per heavy atom. The van der Waals surface area contributed by atoms with Gasteiger partial charge in [-0.3, -0.25) is 4.99 Å². The second kappa shape index (κ2) is 4.32. The molecule has 0 aliphatic carbocycles. The molecule has 0 radical (unpaired) electrons. The number of hydrogen-bond acceptors (Lipinski definition) is 1. The third kappa shape index (κ3) is 2.87. The van der Waals surface area contributed by atoms with E-state index in [9.17, 15) is 0 Å². The monoisotopic (exact) mass is 153 g/mol. The predicted molar refractivity (Wildman–Crippen MR) is 52.2 cm³/mol. The Hall–Kier alpha value is -0.590. The summed E-state index contributed by atoms with van der Waals surface area (Å²) in [5.41, 5.74) is 3.94. The number of aliphatic imine (C=N–C) groups is 1. The van der Waals surface area contributed by atoms with Crippen molar-refractivity contribution in [2.45, 2.75) is 34.6 Å². The van der Waals surface area contributed by atoms with Crippen molar-refractivity contribution >= 4 is 5.71 Å². The van der Waals surface area contributed by atoms with E-state index in [0.717, 1.165) is 0 Å². The van der Waals surface area contributed by atoms with Crippen molar-refractivity contribution in [3.05, 3.63) is 11.1 Å². The summed E-state index contributed by atoms with van der Waals surface area (Å²) in [4.78, 5) is 4.19. The topological polar surface area (TPSA) is 12.4 Å². The molecule has 64 valence electrons. The SMILES string of the molecule is C/N=C(/C)C(=C(C)C)C(C)C. The molecule has 0 spiro atoms. The first-order valence-electron chi connectivity index (χ1n) is 4.11. The summed E-state index contributed by atoms with van der Waals surface area (Å²) in [7, 11) is 1.85. The fourth-order valence-corrected chi connectivity index (χ4v) is 1.48. The lowest BCUT2D eigenvalue weighted by molar-refractivity contribution is 0.789. The van der Waals surface area contributed by atoms with Gasteiger partial charge in [0.05, 0.1) is 0 Å². The number of rotatable bonds is 2. The van der Waals surface area contributed by atoms with Crippen LogP contribution in [-0.2, 0) is 0 Å². The van der Waals surface area contributed by atoms with Crippen LogP contribution in [0.25, 0.3) is 0 Å². The van der Waals surface area contributed by atoms with Crippen LogP contribution >= 0.6 is 0 Å². The molecule has 0 aliphatic heterocycles. The molecule has 0 saturated carbocycles. The van der Waals surface area contributed by atoms with Crippen molar-refractivity contribution in [1.29, 1.82) is 0 Å². The van der Waals surface area contributed by atoms with E-state index < -0.39 is 0 Å². The molecule has 0 unspecified atom stereocenters. The van der Waals surface area contributed by atoms with Gasteiger partial charge in [0.2, 0.25) is 0 Å². The summed E-state index contributed by atoms with van der Waals surface area (Å²) in [6.45, 7) is 10.8. The highest BCUT2D eigenvalue weighted by Crippen LogP contribution is 2.15. The van der Waals surface area contributed by atoms with Crippen LogP contribution in [0, 0.1) is 5.92 Å². The van der Waals surface area contributed by atoms with E-state index in [4.69, 9.17) is 0 Å². The predicted octanol–water partition coefficient (Wildman–Crippen LogP) is 3.07. The van der Waals surface area contributed by atoms with E-state index in [1.165, 1.54) is 16.9 Å². The van der Waals surface area contributed by atoms with Gasteiger partial charge in [-0.25, -0.2) is 0 Å². The highest BCUT2D eigenvalue weighted by molar-refractivity contribution is 5.99.